The Kier molecular flexibility index (Phi) is 10.1. The van der Waals surface area contributed by atoms with Crippen LogP contribution < -0.4 is 11.3 Å². The van der Waals surface area contributed by atoms with Crippen molar-refractivity contribution in [3.05, 3.63) is 59.2 Å². The summed E-state index contributed by atoms with van der Waals surface area (Å²) in [6, 6.07) is 7.08. The van der Waals surface area contributed by atoms with Gasteiger partial charge in [0.05, 0.1) is 9.79 Å². The van der Waals surface area contributed by atoms with Crippen molar-refractivity contribution < 1.29 is 31.1 Å². The molecule has 0 bridgehead atoms. The minimum absolute atomic E-state index is 0. The molecule has 0 fully saturated rings. The highest BCUT2D eigenvalue weighted by molar-refractivity contribution is 8.13. The minimum Gasteiger partial charge on any atom is -0.412 e. The summed E-state index contributed by atoms with van der Waals surface area (Å²) < 4.78 is 68.4. The Bertz CT molecular complexity index is 888. The number of halogens is 3. The van der Waals surface area contributed by atoms with Gasteiger partial charge in [0, 0.05) is 10.7 Å². The molecule has 0 spiro atoms. The van der Waals surface area contributed by atoms with Gasteiger partial charge in [-0.2, -0.15) is 0 Å². The number of hydrogen-bond donors (Lipinski definition) is 2. The molecule has 148 valence electrons. The van der Waals surface area contributed by atoms with Gasteiger partial charge in [0.2, 0.25) is 10.0 Å². The van der Waals surface area contributed by atoms with Gasteiger partial charge in [-0.05, 0) is 49.2 Å². The van der Waals surface area contributed by atoms with E-state index in [0.29, 0.717) is 11.1 Å². The van der Waals surface area contributed by atoms with Crippen molar-refractivity contribution in [3.63, 3.8) is 0 Å². The molecule has 0 amide bonds. The van der Waals surface area contributed by atoms with E-state index in [1.807, 2.05) is 0 Å². The fourth-order valence-corrected chi connectivity index (χ4v) is 2.76. The number of primary sulfonamides is 1. The normalized spacial score (nSPS) is 10.7. The third-order valence-corrected chi connectivity index (χ3v) is 5.16. The van der Waals surface area contributed by atoms with Crippen LogP contribution in [0.3, 0.4) is 0 Å². The van der Waals surface area contributed by atoms with Crippen LogP contribution in [0.5, 0.6) is 0 Å². The monoisotopic (exact) mass is 432 g/mol. The summed E-state index contributed by atoms with van der Waals surface area (Å²) in [5.41, 5.74) is 0.779. The third-order valence-electron chi connectivity index (χ3n) is 2.90. The lowest BCUT2D eigenvalue weighted by atomic mass is 10.2. The van der Waals surface area contributed by atoms with E-state index in [1.165, 1.54) is 24.3 Å². The summed E-state index contributed by atoms with van der Waals surface area (Å²) >= 11 is 0. The first-order valence-electron chi connectivity index (χ1n) is 6.32. The van der Waals surface area contributed by atoms with E-state index in [9.17, 15) is 25.6 Å². The SMILES string of the molecule is Cc1ccc(S(=O)(=O)Cl)cc1F.Cc1ccc(S(N)(=O)=O)cc1F.N.O. The highest BCUT2D eigenvalue weighted by Gasteiger charge is 2.11. The number of aryl methyl sites for hydroxylation is 2. The second-order valence-corrected chi connectivity index (χ2v) is 8.93. The molecule has 0 aliphatic rings. The third kappa shape index (κ3) is 7.72. The van der Waals surface area contributed by atoms with Gasteiger partial charge in [0.1, 0.15) is 11.6 Å². The van der Waals surface area contributed by atoms with Gasteiger partial charge < -0.3 is 11.6 Å². The van der Waals surface area contributed by atoms with E-state index in [2.05, 4.69) is 0 Å². The Hall–Kier alpha value is -1.63. The van der Waals surface area contributed by atoms with Gasteiger partial charge in [0.25, 0.3) is 9.05 Å². The van der Waals surface area contributed by atoms with Crippen LogP contribution in [0.2, 0.25) is 0 Å². The van der Waals surface area contributed by atoms with Crippen LogP contribution in [0, 0.1) is 25.5 Å². The van der Waals surface area contributed by atoms with Crippen LogP contribution in [0.25, 0.3) is 0 Å². The van der Waals surface area contributed by atoms with Gasteiger partial charge >= 0.3 is 0 Å². The first-order valence-corrected chi connectivity index (χ1v) is 10.2. The van der Waals surface area contributed by atoms with Crippen molar-refractivity contribution in [1.82, 2.24) is 6.15 Å². The molecular weight excluding hydrogens is 414 g/mol. The molecule has 0 aliphatic heterocycles. The van der Waals surface area contributed by atoms with E-state index in [-0.39, 0.29) is 21.4 Å². The topological polar surface area (TPSA) is 161 Å². The molecule has 0 unspecified atom stereocenters. The first kappa shape index (κ1) is 26.6. The summed E-state index contributed by atoms with van der Waals surface area (Å²) in [7, 11) is -2.60. The zero-order chi connectivity index (χ0) is 18.7. The Morgan fingerprint density at radius 1 is 0.846 bits per heavy atom. The highest BCUT2D eigenvalue weighted by Crippen LogP contribution is 2.17. The summed E-state index contributed by atoms with van der Waals surface area (Å²) in [6.45, 7) is 3.09. The average Bonchev–Trinajstić information content (AvgIpc) is 2.43. The van der Waals surface area contributed by atoms with E-state index in [1.54, 1.807) is 13.8 Å². The number of nitrogens with two attached hydrogens (primary N) is 1. The van der Waals surface area contributed by atoms with Crippen molar-refractivity contribution in [2.75, 3.05) is 0 Å². The van der Waals surface area contributed by atoms with Gasteiger partial charge in [-0.3, -0.25) is 0 Å². The molecule has 0 atom stereocenters. The summed E-state index contributed by atoms with van der Waals surface area (Å²) in [5, 5.41) is 4.78. The van der Waals surface area contributed by atoms with Crippen molar-refractivity contribution in [3.8, 4) is 0 Å². The summed E-state index contributed by atoms with van der Waals surface area (Å²) in [4.78, 5) is -0.419. The largest absolute Gasteiger partial charge is 0.412 e. The Balaban J connectivity index is 0. The Morgan fingerprint density at radius 3 is 1.50 bits per heavy atom. The van der Waals surface area contributed by atoms with Crippen molar-refractivity contribution >= 4 is 29.8 Å². The lowest BCUT2D eigenvalue weighted by molar-refractivity contribution is 0.590. The zero-order valence-corrected chi connectivity index (χ0v) is 16.2. The van der Waals surface area contributed by atoms with Crippen LogP contribution in [-0.4, -0.2) is 22.3 Å². The second kappa shape index (κ2) is 9.90. The predicted octanol–water partition coefficient (Wildman–Crippen LogP) is 2.18. The Labute approximate surface area is 155 Å². The smallest absolute Gasteiger partial charge is 0.261 e. The molecule has 2 aromatic carbocycles. The summed E-state index contributed by atoms with van der Waals surface area (Å²) in [6.07, 6.45) is 0. The molecule has 7 N–H and O–H groups in total. The zero-order valence-electron chi connectivity index (χ0n) is 13.8. The van der Waals surface area contributed by atoms with Crippen molar-refractivity contribution in [2.24, 2.45) is 5.14 Å². The first-order chi connectivity index (χ1) is 10.8. The molecule has 0 aromatic heterocycles. The Morgan fingerprint density at radius 2 is 1.19 bits per heavy atom. The fraction of sp³-hybridized carbons (Fsp3) is 0.143. The van der Waals surface area contributed by atoms with Crippen LogP contribution >= 0.6 is 10.7 Å². The minimum atomic E-state index is -3.81. The van der Waals surface area contributed by atoms with E-state index in [0.717, 1.165) is 12.1 Å². The number of rotatable bonds is 2. The molecule has 0 saturated heterocycles. The van der Waals surface area contributed by atoms with Crippen LogP contribution in [0.15, 0.2) is 46.2 Å². The lowest BCUT2D eigenvalue weighted by Crippen LogP contribution is -2.12. The predicted molar refractivity (Wildman–Crippen MR) is 95.3 cm³/mol. The molecule has 7 nitrogen and oxygen atoms in total. The fourth-order valence-electron chi connectivity index (χ4n) is 1.48. The highest BCUT2D eigenvalue weighted by atomic mass is 35.7. The van der Waals surface area contributed by atoms with Crippen molar-refractivity contribution in [1.29, 1.82) is 0 Å². The quantitative estimate of drug-likeness (QED) is 0.694. The van der Waals surface area contributed by atoms with Gasteiger partial charge in [-0.1, -0.05) is 12.1 Å². The average molecular weight is 433 g/mol. The van der Waals surface area contributed by atoms with Crippen LogP contribution in [0.4, 0.5) is 8.78 Å². The standard InChI is InChI=1S/C7H6ClFO2S.C7H8FNO2S.H3N.H2O/c1-5-2-3-6(4-7(5)9)12(8,10)11;1-5-2-3-6(4-7(5)8)12(9,10)11;;/h2-4H,1H3;2-4H,1H3,(H2,9,10,11);1H3;1H2. The summed E-state index contributed by atoms with van der Waals surface area (Å²) in [5.74, 6) is -1.14. The maximum atomic E-state index is 12.8. The van der Waals surface area contributed by atoms with E-state index in [4.69, 9.17) is 15.8 Å². The van der Waals surface area contributed by atoms with Gasteiger partial charge in [-0.15, -0.1) is 0 Å². The molecule has 2 aromatic rings. The van der Waals surface area contributed by atoms with Gasteiger partial charge in [-0.25, -0.2) is 30.8 Å². The second-order valence-electron chi connectivity index (χ2n) is 4.80. The van der Waals surface area contributed by atoms with E-state index < -0.39 is 30.7 Å². The molecule has 0 aliphatic carbocycles. The molecule has 12 heteroatoms. The molecular formula is C14H19ClF2N2O5S2. The van der Waals surface area contributed by atoms with Crippen molar-refractivity contribution in [2.45, 2.75) is 23.6 Å². The molecule has 0 radical (unpaired) electrons. The number of sulfonamides is 1. The van der Waals surface area contributed by atoms with Gasteiger partial charge in [0.15, 0.2) is 0 Å². The maximum Gasteiger partial charge on any atom is 0.261 e. The van der Waals surface area contributed by atoms with Crippen LogP contribution in [-0.2, 0) is 19.1 Å². The van der Waals surface area contributed by atoms with Crippen LogP contribution in [0.1, 0.15) is 11.1 Å². The molecule has 0 heterocycles. The maximum absolute atomic E-state index is 12.8. The number of hydrogen-bond acceptors (Lipinski definition) is 5. The van der Waals surface area contributed by atoms with E-state index >= 15 is 0 Å². The number of benzene rings is 2. The molecule has 2 rings (SSSR count). The lowest BCUT2D eigenvalue weighted by Gasteiger charge is -1.99. The molecule has 0 saturated carbocycles. The molecule has 26 heavy (non-hydrogen) atoms.